The number of anilines is 1. The molecule has 1 unspecified atom stereocenters. The van der Waals surface area contributed by atoms with E-state index in [0.29, 0.717) is 57.3 Å². The number of aromatic nitrogens is 1. The van der Waals surface area contributed by atoms with Crippen LogP contribution in [0, 0.1) is 11.3 Å². The number of aliphatic hydroxyl groups is 1. The van der Waals surface area contributed by atoms with Crippen LogP contribution in [0.25, 0.3) is 0 Å². The highest BCUT2D eigenvalue weighted by atomic mass is 16.5. The summed E-state index contributed by atoms with van der Waals surface area (Å²) in [7, 11) is 0. The SMILES string of the molecule is N#Cc1cccnc1N1CCN(C(=O)CN2CCOCC2)CC(O)C1. The first-order valence-corrected chi connectivity index (χ1v) is 8.53. The van der Waals surface area contributed by atoms with Gasteiger partial charge < -0.3 is 19.6 Å². The van der Waals surface area contributed by atoms with Gasteiger partial charge in [0.25, 0.3) is 0 Å². The Morgan fingerprint density at radius 1 is 1.32 bits per heavy atom. The van der Waals surface area contributed by atoms with Crippen molar-refractivity contribution < 1.29 is 14.6 Å². The van der Waals surface area contributed by atoms with Crippen LogP contribution in [0.1, 0.15) is 5.56 Å². The van der Waals surface area contributed by atoms with Crippen LogP contribution in [0.3, 0.4) is 0 Å². The second kappa shape index (κ2) is 8.25. The maximum Gasteiger partial charge on any atom is 0.236 e. The van der Waals surface area contributed by atoms with Gasteiger partial charge in [0, 0.05) is 45.5 Å². The van der Waals surface area contributed by atoms with Crippen LogP contribution in [0.5, 0.6) is 0 Å². The average Bonchev–Trinajstić information content (AvgIpc) is 2.84. The molecular formula is C17H23N5O3. The molecule has 0 spiro atoms. The lowest BCUT2D eigenvalue weighted by atomic mass is 10.2. The first-order valence-electron chi connectivity index (χ1n) is 8.53. The van der Waals surface area contributed by atoms with Crippen molar-refractivity contribution in [2.24, 2.45) is 0 Å². The number of morpholine rings is 1. The van der Waals surface area contributed by atoms with Gasteiger partial charge in [0.2, 0.25) is 5.91 Å². The van der Waals surface area contributed by atoms with Crippen molar-refractivity contribution in [1.82, 2.24) is 14.8 Å². The molecule has 1 N–H and O–H groups in total. The molecule has 1 aromatic rings. The number of β-amino-alcohol motifs (C(OH)–C–C–N with tert-alkyl or cyclic N) is 1. The molecule has 1 aromatic heterocycles. The van der Waals surface area contributed by atoms with Gasteiger partial charge in [0.05, 0.1) is 31.4 Å². The molecule has 0 aromatic carbocycles. The first kappa shape index (κ1) is 17.6. The predicted molar refractivity (Wildman–Crippen MR) is 91.0 cm³/mol. The highest BCUT2D eigenvalue weighted by molar-refractivity contribution is 5.78. The second-order valence-corrected chi connectivity index (χ2v) is 6.31. The van der Waals surface area contributed by atoms with Gasteiger partial charge in [-0.15, -0.1) is 0 Å². The van der Waals surface area contributed by atoms with E-state index in [9.17, 15) is 15.2 Å². The van der Waals surface area contributed by atoms with Crippen molar-refractivity contribution >= 4 is 11.7 Å². The summed E-state index contributed by atoms with van der Waals surface area (Å²) in [6, 6.07) is 5.56. The van der Waals surface area contributed by atoms with Gasteiger partial charge in [-0.1, -0.05) is 0 Å². The Bertz CT molecular complexity index is 641. The van der Waals surface area contributed by atoms with E-state index < -0.39 is 6.10 Å². The van der Waals surface area contributed by atoms with Crippen LogP contribution in [0.4, 0.5) is 5.82 Å². The molecule has 0 bridgehead atoms. The number of nitrogens with zero attached hydrogens (tertiary/aromatic N) is 5. The highest BCUT2D eigenvalue weighted by Crippen LogP contribution is 2.18. The van der Waals surface area contributed by atoms with Crippen molar-refractivity contribution in [1.29, 1.82) is 5.26 Å². The molecule has 3 heterocycles. The van der Waals surface area contributed by atoms with Crippen LogP contribution in [0.15, 0.2) is 18.3 Å². The smallest absolute Gasteiger partial charge is 0.236 e. The maximum absolute atomic E-state index is 12.6. The fourth-order valence-electron chi connectivity index (χ4n) is 3.20. The summed E-state index contributed by atoms with van der Waals surface area (Å²) in [5, 5.41) is 19.6. The number of rotatable bonds is 3. The number of pyridine rings is 1. The molecule has 2 fully saturated rings. The number of ether oxygens (including phenoxy) is 1. The number of hydrogen-bond donors (Lipinski definition) is 1. The fraction of sp³-hybridized carbons (Fsp3) is 0.588. The predicted octanol–water partition coefficient (Wildman–Crippen LogP) is -0.705. The highest BCUT2D eigenvalue weighted by Gasteiger charge is 2.27. The van der Waals surface area contributed by atoms with Crippen molar-refractivity contribution in [3.05, 3.63) is 23.9 Å². The molecule has 2 aliphatic heterocycles. The van der Waals surface area contributed by atoms with Gasteiger partial charge in [0.1, 0.15) is 11.9 Å². The van der Waals surface area contributed by atoms with E-state index in [0.717, 1.165) is 13.1 Å². The number of carbonyl (C=O) groups excluding carboxylic acids is 1. The number of aliphatic hydroxyl groups excluding tert-OH is 1. The molecule has 2 saturated heterocycles. The molecule has 1 amide bonds. The quantitative estimate of drug-likeness (QED) is 0.774. The Kier molecular flexibility index (Phi) is 5.81. The third kappa shape index (κ3) is 4.45. The molecular weight excluding hydrogens is 322 g/mol. The molecule has 0 saturated carbocycles. The lowest BCUT2D eigenvalue weighted by molar-refractivity contribution is -0.134. The van der Waals surface area contributed by atoms with E-state index in [2.05, 4.69) is 16.0 Å². The van der Waals surface area contributed by atoms with Gasteiger partial charge in [-0.2, -0.15) is 5.26 Å². The summed E-state index contributed by atoms with van der Waals surface area (Å²) in [5.74, 6) is 0.579. The van der Waals surface area contributed by atoms with Gasteiger partial charge in [-0.3, -0.25) is 9.69 Å². The topological polar surface area (TPSA) is 92.9 Å². The molecule has 8 nitrogen and oxygen atoms in total. The van der Waals surface area contributed by atoms with Crippen LogP contribution in [-0.4, -0.2) is 90.9 Å². The monoisotopic (exact) mass is 345 g/mol. The Labute approximate surface area is 147 Å². The van der Waals surface area contributed by atoms with E-state index >= 15 is 0 Å². The standard InChI is InChI=1S/C17H23N5O3/c18-10-14-2-1-3-19-17(14)22-5-4-21(11-15(23)12-22)16(24)13-20-6-8-25-9-7-20/h1-3,15,23H,4-9,11-13H2. The van der Waals surface area contributed by atoms with Crippen molar-refractivity contribution in [3.8, 4) is 6.07 Å². The minimum Gasteiger partial charge on any atom is -0.389 e. The lowest BCUT2D eigenvalue weighted by Crippen LogP contribution is -2.46. The maximum atomic E-state index is 12.6. The summed E-state index contributed by atoms with van der Waals surface area (Å²) in [6.45, 7) is 4.87. The summed E-state index contributed by atoms with van der Waals surface area (Å²) in [5.41, 5.74) is 0.475. The van der Waals surface area contributed by atoms with Gasteiger partial charge in [0.15, 0.2) is 0 Å². The normalized spacial score (nSPS) is 22.3. The number of amides is 1. The molecule has 3 rings (SSSR count). The number of nitriles is 1. The van der Waals surface area contributed by atoms with Gasteiger partial charge in [-0.25, -0.2) is 4.98 Å². The third-order valence-corrected chi connectivity index (χ3v) is 4.52. The Hall–Kier alpha value is -2.21. The van der Waals surface area contributed by atoms with E-state index in [1.165, 1.54) is 0 Å². The second-order valence-electron chi connectivity index (χ2n) is 6.31. The van der Waals surface area contributed by atoms with Crippen LogP contribution in [-0.2, 0) is 9.53 Å². The molecule has 0 radical (unpaired) electrons. The Morgan fingerprint density at radius 2 is 2.12 bits per heavy atom. The zero-order chi connectivity index (χ0) is 17.6. The molecule has 8 heteroatoms. The van der Waals surface area contributed by atoms with Crippen molar-refractivity contribution in [2.75, 3.05) is 63.9 Å². The third-order valence-electron chi connectivity index (χ3n) is 4.52. The summed E-state index contributed by atoms with van der Waals surface area (Å²) < 4.78 is 5.30. The van der Waals surface area contributed by atoms with E-state index in [-0.39, 0.29) is 5.91 Å². The first-order chi connectivity index (χ1) is 12.2. The van der Waals surface area contributed by atoms with E-state index in [1.807, 2.05) is 4.90 Å². The fourth-order valence-corrected chi connectivity index (χ4v) is 3.20. The van der Waals surface area contributed by atoms with Gasteiger partial charge in [-0.05, 0) is 12.1 Å². The number of carbonyl (C=O) groups is 1. The number of hydrogen-bond acceptors (Lipinski definition) is 7. The lowest BCUT2D eigenvalue weighted by Gasteiger charge is -2.29. The zero-order valence-electron chi connectivity index (χ0n) is 14.2. The molecule has 134 valence electrons. The van der Waals surface area contributed by atoms with E-state index in [4.69, 9.17) is 4.74 Å². The molecule has 25 heavy (non-hydrogen) atoms. The summed E-state index contributed by atoms with van der Waals surface area (Å²) in [6.07, 6.45) is 0.958. The molecule has 2 aliphatic rings. The van der Waals surface area contributed by atoms with Gasteiger partial charge >= 0.3 is 0 Å². The van der Waals surface area contributed by atoms with Crippen molar-refractivity contribution in [3.63, 3.8) is 0 Å². The average molecular weight is 345 g/mol. The molecule has 0 aliphatic carbocycles. The zero-order valence-corrected chi connectivity index (χ0v) is 14.2. The van der Waals surface area contributed by atoms with Crippen LogP contribution >= 0.6 is 0 Å². The van der Waals surface area contributed by atoms with Crippen molar-refractivity contribution in [2.45, 2.75) is 6.10 Å². The summed E-state index contributed by atoms with van der Waals surface area (Å²) in [4.78, 5) is 22.5. The summed E-state index contributed by atoms with van der Waals surface area (Å²) >= 11 is 0. The van der Waals surface area contributed by atoms with E-state index in [1.54, 1.807) is 23.2 Å². The minimum absolute atomic E-state index is 0.0179. The minimum atomic E-state index is -0.676. The van der Waals surface area contributed by atoms with Crippen LogP contribution < -0.4 is 4.90 Å². The Morgan fingerprint density at radius 3 is 2.88 bits per heavy atom. The van der Waals surface area contributed by atoms with Crippen LogP contribution in [0.2, 0.25) is 0 Å². The largest absolute Gasteiger partial charge is 0.389 e. The molecule has 1 atom stereocenters. The Balaban J connectivity index is 1.64.